The molecule has 1 aromatic carbocycles. The maximum absolute atomic E-state index is 10.5. The minimum atomic E-state index is -1.02. The second-order valence-corrected chi connectivity index (χ2v) is 6.98. The molecular weight excluding hydrogens is 256 g/mol. The van der Waals surface area contributed by atoms with Gasteiger partial charge in [-0.25, -0.2) is 4.79 Å². The Kier molecular flexibility index (Phi) is 4.69. The third-order valence-electron chi connectivity index (χ3n) is 3.03. The van der Waals surface area contributed by atoms with Gasteiger partial charge in [0.2, 0.25) is 0 Å². The summed E-state index contributed by atoms with van der Waals surface area (Å²) in [7, 11) is 0. The molecule has 0 spiro atoms. The summed E-state index contributed by atoms with van der Waals surface area (Å²) in [5, 5.41) is 18.7. The quantitative estimate of drug-likeness (QED) is 0.865. The Bertz CT molecular complexity index is 484. The molecule has 0 radical (unpaired) electrons. The lowest BCUT2D eigenvalue weighted by atomic mass is 9.72. The number of phenolic OH excluding ortho intramolecular Hbond substituents is 1. The van der Waals surface area contributed by atoms with Gasteiger partial charge in [-0.2, -0.15) is 0 Å². The predicted molar refractivity (Wildman–Crippen MR) is 78.3 cm³/mol. The van der Waals surface area contributed by atoms with Crippen LogP contribution in [0.25, 0.3) is 0 Å². The zero-order valence-electron chi connectivity index (χ0n) is 12.9. The van der Waals surface area contributed by atoms with Gasteiger partial charge in [0.25, 0.3) is 0 Å². The van der Waals surface area contributed by atoms with Gasteiger partial charge in [-0.15, -0.1) is 0 Å². The third-order valence-corrected chi connectivity index (χ3v) is 3.03. The Morgan fingerprint density at radius 3 is 2.30 bits per heavy atom. The lowest BCUT2D eigenvalue weighted by Gasteiger charge is -2.33. The van der Waals surface area contributed by atoms with Gasteiger partial charge in [-0.05, 0) is 35.4 Å². The van der Waals surface area contributed by atoms with Gasteiger partial charge in [0.15, 0.2) is 6.61 Å². The Morgan fingerprint density at radius 2 is 1.80 bits per heavy atom. The highest BCUT2D eigenvalue weighted by molar-refractivity contribution is 5.68. The van der Waals surface area contributed by atoms with Crippen molar-refractivity contribution < 1.29 is 19.7 Å². The first-order valence-corrected chi connectivity index (χ1v) is 6.69. The lowest BCUT2D eigenvalue weighted by Crippen LogP contribution is -2.25. The maximum atomic E-state index is 10.5. The summed E-state index contributed by atoms with van der Waals surface area (Å²) in [6, 6.07) is 4.86. The standard InChI is InChI=1S/C16H24O4/c1-15(2,3)10-16(4,5)12-8-11(6-7-13(12)17)20-9-14(18)19/h6-8,17H,9-10H2,1-5H3,(H,18,19). The highest BCUT2D eigenvalue weighted by Crippen LogP contribution is 2.41. The van der Waals surface area contributed by atoms with E-state index >= 15 is 0 Å². The summed E-state index contributed by atoms with van der Waals surface area (Å²) in [5.41, 5.74) is 0.661. The number of carbonyl (C=O) groups is 1. The summed E-state index contributed by atoms with van der Waals surface area (Å²) >= 11 is 0. The Morgan fingerprint density at radius 1 is 1.20 bits per heavy atom. The van der Waals surface area contributed by atoms with Crippen molar-refractivity contribution >= 4 is 5.97 Å². The summed E-state index contributed by atoms with van der Waals surface area (Å²) in [5.74, 6) is -0.349. The lowest BCUT2D eigenvalue weighted by molar-refractivity contribution is -0.139. The molecule has 0 aliphatic heterocycles. The van der Waals surface area contributed by atoms with Crippen LogP contribution >= 0.6 is 0 Å². The van der Waals surface area contributed by atoms with Crippen LogP contribution in [-0.2, 0) is 10.2 Å². The number of ether oxygens (including phenoxy) is 1. The molecule has 0 saturated carbocycles. The zero-order valence-corrected chi connectivity index (χ0v) is 12.9. The summed E-state index contributed by atoms with van der Waals surface area (Å²) in [4.78, 5) is 10.5. The molecule has 4 heteroatoms. The molecule has 0 bridgehead atoms. The van der Waals surface area contributed by atoms with Crippen molar-refractivity contribution in [2.75, 3.05) is 6.61 Å². The molecule has 0 heterocycles. The van der Waals surface area contributed by atoms with Crippen LogP contribution in [0.4, 0.5) is 0 Å². The average Bonchev–Trinajstić information content (AvgIpc) is 2.24. The monoisotopic (exact) mass is 280 g/mol. The molecule has 20 heavy (non-hydrogen) atoms. The second-order valence-electron chi connectivity index (χ2n) is 6.98. The van der Waals surface area contributed by atoms with Gasteiger partial charge < -0.3 is 14.9 Å². The Hall–Kier alpha value is -1.71. The van der Waals surface area contributed by atoms with Gasteiger partial charge in [0.05, 0.1) is 0 Å². The molecular formula is C16H24O4. The van der Waals surface area contributed by atoms with Crippen LogP contribution in [0.3, 0.4) is 0 Å². The number of carboxylic acids is 1. The normalized spacial score (nSPS) is 12.2. The predicted octanol–water partition coefficient (Wildman–Crippen LogP) is 3.57. The van der Waals surface area contributed by atoms with Crippen molar-refractivity contribution in [3.05, 3.63) is 23.8 Å². The topological polar surface area (TPSA) is 66.8 Å². The first-order valence-electron chi connectivity index (χ1n) is 6.69. The highest BCUT2D eigenvalue weighted by atomic mass is 16.5. The van der Waals surface area contributed by atoms with Gasteiger partial charge in [-0.3, -0.25) is 0 Å². The summed E-state index contributed by atoms with van der Waals surface area (Å²) in [6.45, 7) is 10.2. The van der Waals surface area contributed by atoms with E-state index in [4.69, 9.17) is 9.84 Å². The van der Waals surface area contributed by atoms with E-state index < -0.39 is 5.97 Å². The fraction of sp³-hybridized carbons (Fsp3) is 0.562. The number of hydrogen-bond donors (Lipinski definition) is 2. The van der Waals surface area contributed by atoms with Gasteiger partial charge in [-0.1, -0.05) is 34.6 Å². The molecule has 0 aliphatic rings. The first kappa shape index (κ1) is 16.3. The number of rotatable bonds is 5. The molecule has 0 aliphatic carbocycles. The van der Waals surface area contributed by atoms with Crippen LogP contribution in [0.1, 0.15) is 46.6 Å². The van der Waals surface area contributed by atoms with Crippen LogP contribution < -0.4 is 4.74 Å². The van der Waals surface area contributed by atoms with Crippen molar-refractivity contribution in [1.82, 2.24) is 0 Å². The van der Waals surface area contributed by atoms with Crippen LogP contribution in [0.5, 0.6) is 11.5 Å². The molecule has 0 fully saturated rings. The number of phenols is 1. The zero-order chi connectivity index (χ0) is 15.6. The van der Waals surface area contributed by atoms with Crippen LogP contribution in [0.2, 0.25) is 0 Å². The fourth-order valence-electron chi connectivity index (χ4n) is 2.71. The molecule has 0 atom stereocenters. The fourth-order valence-corrected chi connectivity index (χ4v) is 2.71. The van der Waals surface area contributed by atoms with Crippen LogP contribution in [-0.4, -0.2) is 22.8 Å². The van der Waals surface area contributed by atoms with Crippen molar-refractivity contribution in [2.24, 2.45) is 5.41 Å². The van der Waals surface area contributed by atoms with Crippen molar-refractivity contribution in [3.63, 3.8) is 0 Å². The van der Waals surface area contributed by atoms with E-state index in [1.54, 1.807) is 18.2 Å². The van der Waals surface area contributed by atoms with Gasteiger partial charge in [0, 0.05) is 5.56 Å². The molecule has 0 amide bonds. The number of carboxylic acid groups (broad SMARTS) is 1. The van der Waals surface area contributed by atoms with Crippen molar-refractivity contribution in [1.29, 1.82) is 0 Å². The molecule has 0 saturated heterocycles. The third kappa shape index (κ3) is 4.76. The van der Waals surface area contributed by atoms with E-state index in [0.29, 0.717) is 5.75 Å². The maximum Gasteiger partial charge on any atom is 0.341 e. The van der Waals surface area contributed by atoms with Crippen LogP contribution in [0, 0.1) is 5.41 Å². The van der Waals surface area contributed by atoms with Crippen molar-refractivity contribution in [3.8, 4) is 11.5 Å². The van der Waals surface area contributed by atoms with Crippen LogP contribution in [0.15, 0.2) is 18.2 Å². The number of aromatic hydroxyl groups is 1. The Labute approximate surface area is 120 Å². The molecule has 1 rings (SSSR count). The van der Waals surface area contributed by atoms with E-state index in [1.165, 1.54) is 0 Å². The molecule has 112 valence electrons. The van der Waals surface area contributed by atoms with Gasteiger partial charge >= 0.3 is 5.97 Å². The summed E-state index contributed by atoms with van der Waals surface area (Å²) < 4.78 is 5.18. The van der Waals surface area contributed by atoms with E-state index in [-0.39, 0.29) is 23.2 Å². The Balaban J connectivity index is 3.04. The SMILES string of the molecule is CC(C)(C)CC(C)(C)c1cc(OCC(=O)O)ccc1O. The first-order chi connectivity index (χ1) is 9.01. The van der Waals surface area contributed by atoms with Crippen molar-refractivity contribution in [2.45, 2.75) is 46.5 Å². The van der Waals surface area contributed by atoms with E-state index in [9.17, 15) is 9.90 Å². The number of hydrogen-bond acceptors (Lipinski definition) is 3. The minimum absolute atomic E-state index is 0.119. The minimum Gasteiger partial charge on any atom is -0.508 e. The van der Waals surface area contributed by atoms with Gasteiger partial charge in [0.1, 0.15) is 11.5 Å². The molecule has 1 aromatic rings. The largest absolute Gasteiger partial charge is 0.508 e. The second kappa shape index (κ2) is 5.73. The van der Waals surface area contributed by atoms with E-state index in [2.05, 4.69) is 34.6 Å². The average molecular weight is 280 g/mol. The summed E-state index contributed by atoms with van der Waals surface area (Å²) in [6.07, 6.45) is 0.885. The highest BCUT2D eigenvalue weighted by Gasteiger charge is 2.29. The molecule has 0 unspecified atom stereocenters. The number of aliphatic carboxylic acids is 1. The smallest absolute Gasteiger partial charge is 0.341 e. The molecule has 0 aromatic heterocycles. The molecule has 2 N–H and O–H groups in total. The molecule has 4 nitrogen and oxygen atoms in total. The number of benzene rings is 1. The van der Waals surface area contributed by atoms with E-state index in [1.807, 2.05) is 0 Å². The van der Waals surface area contributed by atoms with E-state index in [0.717, 1.165) is 12.0 Å².